The van der Waals surface area contributed by atoms with E-state index in [0.717, 1.165) is 33.7 Å². The van der Waals surface area contributed by atoms with Gasteiger partial charge in [-0.1, -0.05) is 6.92 Å². The summed E-state index contributed by atoms with van der Waals surface area (Å²) in [6, 6.07) is 3.87. The van der Waals surface area contributed by atoms with Crippen LogP contribution in [0, 0.1) is 0 Å². The van der Waals surface area contributed by atoms with E-state index in [-0.39, 0.29) is 6.04 Å². The van der Waals surface area contributed by atoms with Crippen molar-refractivity contribution in [3.63, 3.8) is 0 Å². The van der Waals surface area contributed by atoms with Crippen molar-refractivity contribution in [2.24, 2.45) is 0 Å². The quantitative estimate of drug-likeness (QED) is 0.864. The molecular formula is C12H15Br2N3O. The predicted molar refractivity (Wildman–Crippen MR) is 77.5 cm³/mol. The Hall–Kier alpha value is -0.590. The molecule has 2 heterocycles. The predicted octanol–water partition coefficient (Wildman–Crippen LogP) is 3.72. The Morgan fingerprint density at radius 1 is 1.39 bits per heavy atom. The van der Waals surface area contributed by atoms with Crippen molar-refractivity contribution in [3.8, 4) is 0 Å². The van der Waals surface area contributed by atoms with E-state index in [0.29, 0.717) is 0 Å². The third kappa shape index (κ3) is 2.70. The maximum absolute atomic E-state index is 5.67. The van der Waals surface area contributed by atoms with Crippen LogP contribution in [0.1, 0.15) is 31.3 Å². The van der Waals surface area contributed by atoms with E-state index < -0.39 is 0 Å². The van der Waals surface area contributed by atoms with E-state index in [1.54, 1.807) is 0 Å². The highest BCUT2D eigenvalue weighted by molar-refractivity contribution is 9.10. The van der Waals surface area contributed by atoms with Crippen LogP contribution in [0.2, 0.25) is 0 Å². The van der Waals surface area contributed by atoms with Gasteiger partial charge in [-0.3, -0.25) is 4.68 Å². The number of aromatic nitrogens is 2. The number of rotatable bonds is 5. The van der Waals surface area contributed by atoms with E-state index in [9.17, 15) is 0 Å². The van der Waals surface area contributed by atoms with Crippen molar-refractivity contribution in [1.29, 1.82) is 0 Å². The monoisotopic (exact) mass is 375 g/mol. The van der Waals surface area contributed by atoms with Gasteiger partial charge < -0.3 is 9.73 Å². The molecule has 0 radical (unpaired) electrons. The van der Waals surface area contributed by atoms with Gasteiger partial charge in [-0.05, 0) is 57.5 Å². The minimum atomic E-state index is -0.00174. The van der Waals surface area contributed by atoms with Gasteiger partial charge in [-0.25, -0.2) is 0 Å². The van der Waals surface area contributed by atoms with E-state index in [4.69, 9.17) is 4.42 Å². The average Bonchev–Trinajstić information content (AvgIpc) is 2.93. The van der Waals surface area contributed by atoms with Gasteiger partial charge in [0, 0.05) is 6.54 Å². The maximum Gasteiger partial charge on any atom is 0.169 e. The van der Waals surface area contributed by atoms with Crippen LogP contribution in [0.3, 0.4) is 0 Å². The zero-order chi connectivity index (χ0) is 13.1. The fraction of sp³-hybridized carbons (Fsp3) is 0.417. The van der Waals surface area contributed by atoms with Crippen molar-refractivity contribution in [1.82, 2.24) is 15.1 Å². The molecule has 1 N–H and O–H groups in total. The smallest absolute Gasteiger partial charge is 0.169 e. The number of nitrogens with one attached hydrogen (secondary N) is 1. The molecule has 1 unspecified atom stereocenters. The molecule has 4 nitrogen and oxygen atoms in total. The summed E-state index contributed by atoms with van der Waals surface area (Å²) in [5, 5.41) is 7.77. The Kier molecular flexibility index (Phi) is 4.64. The lowest BCUT2D eigenvalue weighted by Gasteiger charge is -2.17. The summed E-state index contributed by atoms with van der Waals surface area (Å²) in [5.74, 6) is 0.875. The molecule has 0 fully saturated rings. The van der Waals surface area contributed by atoms with Gasteiger partial charge >= 0.3 is 0 Å². The highest BCUT2D eigenvalue weighted by Gasteiger charge is 2.23. The summed E-state index contributed by atoms with van der Waals surface area (Å²) in [4.78, 5) is 0. The average molecular weight is 377 g/mol. The first-order valence-electron chi connectivity index (χ1n) is 5.87. The van der Waals surface area contributed by atoms with Gasteiger partial charge in [0.15, 0.2) is 4.67 Å². The molecule has 2 aromatic rings. The molecule has 98 valence electrons. The molecule has 0 bridgehead atoms. The highest BCUT2D eigenvalue weighted by atomic mass is 79.9. The molecule has 0 spiro atoms. The molecule has 0 aliphatic rings. The summed E-state index contributed by atoms with van der Waals surface area (Å²) in [7, 11) is 0. The van der Waals surface area contributed by atoms with Crippen LogP contribution in [-0.4, -0.2) is 16.3 Å². The highest BCUT2D eigenvalue weighted by Crippen LogP contribution is 2.30. The number of nitrogens with zero attached hydrogens (tertiary/aromatic N) is 2. The summed E-state index contributed by atoms with van der Waals surface area (Å²) in [6.45, 7) is 5.82. The van der Waals surface area contributed by atoms with Gasteiger partial charge in [-0.15, -0.1) is 0 Å². The van der Waals surface area contributed by atoms with Crippen molar-refractivity contribution in [2.75, 3.05) is 6.54 Å². The normalized spacial score (nSPS) is 12.9. The Morgan fingerprint density at radius 3 is 2.72 bits per heavy atom. The molecule has 0 saturated heterocycles. The SMILES string of the molecule is CCNC(c1ccc(Br)o1)c1c(Br)cnn1CC. The first-order valence-corrected chi connectivity index (χ1v) is 7.45. The summed E-state index contributed by atoms with van der Waals surface area (Å²) < 4.78 is 9.36. The third-order valence-corrected chi connectivity index (χ3v) is 3.73. The van der Waals surface area contributed by atoms with Crippen LogP contribution in [0.5, 0.6) is 0 Å². The molecule has 0 aliphatic heterocycles. The second kappa shape index (κ2) is 6.04. The Bertz CT molecular complexity index is 521. The van der Waals surface area contributed by atoms with Gasteiger partial charge in [0.05, 0.1) is 16.4 Å². The second-order valence-electron chi connectivity index (χ2n) is 3.83. The van der Waals surface area contributed by atoms with E-state index in [1.165, 1.54) is 0 Å². The number of hydrogen-bond donors (Lipinski definition) is 1. The Morgan fingerprint density at radius 2 is 2.17 bits per heavy atom. The van der Waals surface area contributed by atoms with Crippen molar-refractivity contribution < 1.29 is 4.42 Å². The molecule has 2 rings (SSSR count). The fourth-order valence-corrected chi connectivity index (χ4v) is 2.77. The van der Waals surface area contributed by atoms with Crippen molar-refractivity contribution in [2.45, 2.75) is 26.4 Å². The largest absolute Gasteiger partial charge is 0.452 e. The third-order valence-electron chi connectivity index (χ3n) is 2.69. The molecule has 1 atom stereocenters. The second-order valence-corrected chi connectivity index (χ2v) is 5.46. The fourth-order valence-electron chi connectivity index (χ4n) is 1.93. The van der Waals surface area contributed by atoms with Crippen LogP contribution >= 0.6 is 31.9 Å². The first-order chi connectivity index (χ1) is 8.67. The zero-order valence-corrected chi connectivity index (χ0v) is 13.5. The molecule has 0 aliphatic carbocycles. The zero-order valence-electron chi connectivity index (χ0n) is 10.3. The lowest BCUT2D eigenvalue weighted by atomic mass is 10.1. The van der Waals surface area contributed by atoms with E-state index >= 15 is 0 Å². The van der Waals surface area contributed by atoms with Crippen LogP contribution in [0.4, 0.5) is 0 Å². The molecule has 18 heavy (non-hydrogen) atoms. The first kappa shape index (κ1) is 13.8. The minimum Gasteiger partial charge on any atom is -0.452 e. The molecule has 6 heteroatoms. The summed E-state index contributed by atoms with van der Waals surface area (Å²) >= 11 is 6.90. The molecule has 0 saturated carbocycles. The van der Waals surface area contributed by atoms with Gasteiger partial charge in [0.1, 0.15) is 11.8 Å². The number of hydrogen-bond acceptors (Lipinski definition) is 3. The van der Waals surface area contributed by atoms with Crippen molar-refractivity contribution in [3.05, 3.63) is 38.9 Å². The minimum absolute atomic E-state index is 0.00174. The topological polar surface area (TPSA) is 43.0 Å². The lowest BCUT2D eigenvalue weighted by Crippen LogP contribution is -2.24. The maximum atomic E-state index is 5.67. The number of furan rings is 1. The molecular weight excluding hydrogens is 362 g/mol. The van der Waals surface area contributed by atoms with E-state index in [1.807, 2.05) is 23.0 Å². The van der Waals surface area contributed by atoms with Gasteiger partial charge in [0.2, 0.25) is 0 Å². The number of aryl methyl sites for hydroxylation is 1. The van der Waals surface area contributed by atoms with Crippen LogP contribution in [0.15, 0.2) is 31.9 Å². The molecule has 0 aromatic carbocycles. The Labute approximate surface area is 123 Å². The summed E-state index contributed by atoms with van der Waals surface area (Å²) in [5.41, 5.74) is 1.08. The van der Waals surface area contributed by atoms with Gasteiger partial charge in [0.25, 0.3) is 0 Å². The van der Waals surface area contributed by atoms with Crippen molar-refractivity contribution >= 4 is 31.9 Å². The molecule has 2 aromatic heterocycles. The summed E-state index contributed by atoms with van der Waals surface area (Å²) in [6.07, 6.45) is 1.82. The standard InChI is InChI=1S/C12H15Br2N3O/c1-3-15-11(9-5-6-10(14)18-9)12-8(13)7-16-17(12)4-2/h5-7,11,15H,3-4H2,1-2H3. The van der Waals surface area contributed by atoms with Crippen LogP contribution in [-0.2, 0) is 6.54 Å². The van der Waals surface area contributed by atoms with Crippen LogP contribution < -0.4 is 5.32 Å². The number of halogens is 2. The lowest BCUT2D eigenvalue weighted by molar-refractivity contribution is 0.420. The van der Waals surface area contributed by atoms with Gasteiger partial charge in [-0.2, -0.15) is 5.10 Å². The Balaban J connectivity index is 2.43. The molecule has 0 amide bonds. The van der Waals surface area contributed by atoms with E-state index in [2.05, 4.69) is 56.1 Å². The van der Waals surface area contributed by atoms with Crippen LogP contribution in [0.25, 0.3) is 0 Å².